The van der Waals surface area contributed by atoms with Gasteiger partial charge in [-0.2, -0.15) is 16.8 Å². The summed E-state index contributed by atoms with van der Waals surface area (Å²) in [5.41, 5.74) is 1.43. The summed E-state index contributed by atoms with van der Waals surface area (Å²) >= 11 is 4.75. The Kier molecular flexibility index (Phi) is 7.49. The van der Waals surface area contributed by atoms with Gasteiger partial charge in [0.2, 0.25) is 0 Å². The van der Waals surface area contributed by atoms with Crippen LogP contribution in [0.1, 0.15) is 24.2 Å². The molecule has 0 N–H and O–H groups in total. The van der Waals surface area contributed by atoms with Crippen molar-refractivity contribution in [2.45, 2.75) is 35.4 Å². The van der Waals surface area contributed by atoms with E-state index in [9.17, 15) is 13.2 Å². The molecule has 30 heavy (non-hydrogen) atoms. The second-order valence-corrected chi connectivity index (χ2v) is 12.7. The third-order valence-corrected chi connectivity index (χ3v) is 7.99. The highest BCUT2D eigenvalue weighted by atomic mass is 32.2. The van der Waals surface area contributed by atoms with Crippen LogP contribution in [0, 0.1) is 0 Å². The summed E-state index contributed by atoms with van der Waals surface area (Å²) < 4.78 is 26.6. The zero-order chi connectivity index (χ0) is 21.9. The Morgan fingerprint density at radius 2 is 1.97 bits per heavy atom. The van der Waals surface area contributed by atoms with E-state index < -0.39 is 9.84 Å². The molecule has 0 spiro atoms. The van der Waals surface area contributed by atoms with Crippen LogP contribution in [-0.2, 0) is 16.4 Å². The first-order valence-corrected chi connectivity index (χ1v) is 14.4. The number of aryl methyl sites for hydroxylation is 1. The average Bonchev–Trinajstić information content (AvgIpc) is 3.01. The molecule has 5 nitrogen and oxygen atoms in total. The van der Waals surface area contributed by atoms with Gasteiger partial charge in [0.25, 0.3) is 5.91 Å². The monoisotopic (exact) mass is 480 g/mol. The van der Waals surface area contributed by atoms with E-state index in [4.69, 9.17) is 0 Å². The quantitative estimate of drug-likeness (QED) is 0.458. The van der Waals surface area contributed by atoms with Gasteiger partial charge in [0.15, 0.2) is 14.6 Å². The van der Waals surface area contributed by atoms with Gasteiger partial charge in [0.05, 0.1) is 15.1 Å². The topological polar surface area (TPSA) is 68.5 Å². The number of thioether (sulfide) groups is 2. The summed E-state index contributed by atoms with van der Waals surface area (Å²) in [5, 5.41) is 0.424. The molecule has 0 atom stereocenters. The summed E-state index contributed by atoms with van der Waals surface area (Å²) in [7, 11) is -3.30. The van der Waals surface area contributed by atoms with E-state index in [2.05, 4.69) is 18.8 Å². The van der Waals surface area contributed by atoms with Crippen molar-refractivity contribution >= 4 is 60.8 Å². The number of sulfone groups is 1. The lowest BCUT2D eigenvalue weighted by Gasteiger charge is -2.06. The van der Waals surface area contributed by atoms with Crippen molar-refractivity contribution in [3.05, 3.63) is 52.8 Å². The Hall–Kier alpha value is -1.55. The minimum absolute atomic E-state index is 0.268. The van der Waals surface area contributed by atoms with Gasteiger partial charge < -0.3 is 4.57 Å². The second-order valence-electron chi connectivity index (χ2n) is 7.04. The fourth-order valence-electron chi connectivity index (χ4n) is 2.89. The summed E-state index contributed by atoms with van der Waals surface area (Å²) in [6, 6.07) is 12.6. The van der Waals surface area contributed by atoms with Crippen LogP contribution < -0.4 is 4.80 Å². The molecule has 160 valence electrons. The van der Waals surface area contributed by atoms with Crippen LogP contribution in [0.25, 0.3) is 10.2 Å². The highest BCUT2D eigenvalue weighted by molar-refractivity contribution is 8.00. The number of carbonyl (C=O) groups excluding carboxylic acids is 1. The fourth-order valence-corrected chi connectivity index (χ4v) is 5.97. The molecule has 0 radical (unpaired) electrons. The molecule has 0 saturated carbocycles. The molecule has 0 saturated heterocycles. The van der Waals surface area contributed by atoms with Crippen LogP contribution in [0.15, 0.2) is 57.2 Å². The van der Waals surface area contributed by atoms with Crippen molar-refractivity contribution in [1.82, 2.24) is 4.57 Å². The zero-order valence-corrected chi connectivity index (χ0v) is 20.6. The number of amides is 1. The Morgan fingerprint density at radius 1 is 1.20 bits per heavy atom. The van der Waals surface area contributed by atoms with Crippen molar-refractivity contribution in [3.63, 3.8) is 0 Å². The molecule has 2 aromatic carbocycles. The van der Waals surface area contributed by atoms with Crippen LogP contribution in [0.3, 0.4) is 0 Å². The minimum Gasteiger partial charge on any atom is -0.316 e. The number of fused-ring (bicyclic) bond motifs is 1. The lowest BCUT2D eigenvalue weighted by molar-refractivity contribution is 0.0997. The average molecular weight is 481 g/mol. The molecule has 0 aliphatic rings. The van der Waals surface area contributed by atoms with Crippen LogP contribution >= 0.6 is 34.9 Å². The summed E-state index contributed by atoms with van der Waals surface area (Å²) in [6.45, 7) is 4.91. The molecule has 0 aliphatic carbocycles. The Labute approximate surface area is 189 Å². The molecule has 0 fully saturated rings. The van der Waals surface area contributed by atoms with E-state index in [0.717, 1.165) is 20.9 Å². The number of hydrogen-bond acceptors (Lipinski definition) is 6. The largest absolute Gasteiger partial charge is 0.316 e. The molecular formula is C21H24N2O3S4. The lowest BCUT2D eigenvalue weighted by Crippen LogP contribution is -2.18. The van der Waals surface area contributed by atoms with Crippen molar-refractivity contribution in [1.29, 1.82) is 0 Å². The third-order valence-electron chi connectivity index (χ3n) is 4.25. The number of thiazole rings is 1. The van der Waals surface area contributed by atoms with Crippen molar-refractivity contribution in [2.75, 3.05) is 18.3 Å². The molecule has 3 rings (SSSR count). The SMILES string of the molecule is CSCCn1c(=NC(=O)c2cccc(SC(C)C)c2)sc2cc(S(C)(=O)=O)ccc21. The molecule has 9 heteroatoms. The Morgan fingerprint density at radius 3 is 2.63 bits per heavy atom. The van der Waals surface area contributed by atoms with Crippen molar-refractivity contribution in [3.8, 4) is 0 Å². The van der Waals surface area contributed by atoms with Crippen molar-refractivity contribution in [2.24, 2.45) is 4.99 Å². The van der Waals surface area contributed by atoms with Gasteiger partial charge in [-0.05, 0) is 42.7 Å². The Bertz CT molecular complexity index is 1240. The summed E-state index contributed by atoms with van der Waals surface area (Å²) in [5.74, 6) is 0.565. The zero-order valence-electron chi connectivity index (χ0n) is 17.3. The van der Waals surface area contributed by atoms with Gasteiger partial charge >= 0.3 is 0 Å². The van der Waals surface area contributed by atoms with Gasteiger partial charge in [-0.1, -0.05) is 31.3 Å². The van der Waals surface area contributed by atoms with Crippen molar-refractivity contribution < 1.29 is 13.2 Å². The summed E-state index contributed by atoms with van der Waals surface area (Å²) in [6.07, 6.45) is 3.22. The number of nitrogens with zero attached hydrogens (tertiary/aromatic N) is 2. The maximum Gasteiger partial charge on any atom is 0.279 e. The van der Waals surface area contributed by atoms with Gasteiger partial charge in [0.1, 0.15) is 0 Å². The van der Waals surface area contributed by atoms with E-state index in [1.807, 2.05) is 29.0 Å². The maximum atomic E-state index is 12.9. The Balaban J connectivity index is 2.08. The highest BCUT2D eigenvalue weighted by Gasteiger charge is 2.13. The molecule has 1 amide bonds. The van der Waals surface area contributed by atoms with E-state index in [1.54, 1.807) is 47.8 Å². The lowest BCUT2D eigenvalue weighted by atomic mass is 10.2. The van der Waals surface area contributed by atoms with Crippen LogP contribution in [-0.4, -0.2) is 42.4 Å². The fraction of sp³-hybridized carbons (Fsp3) is 0.333. The molecule has 0 bridgehead atoms. The van der Waals surface area contributed by atoms with Crippen LogP contribution in [0.4, 0.5) is 0 Å². The van der Waals surface area contributed by atoms with E-state index in [-0.39, 0.29) is 10.8 Å². The first-order valence-electron chi connectivity index (χ1n) is 9.37. The number of carbonyl (C=O) groups is 1. The smallest absolute Gasteiger partial charge is 0.279 e. The predicted octanol–water partition coefficient (Wildman–Crippen LogP) is 4.71. The third kappa shape index (κ3) is 5.57. The maximum absolute atomic E-state index is 12.9. The first-order chi connectivity index (χ1) is 14.2. The molecule has 0 unspecified atom stereocenters. The van der Waals surface area contributed by atoms with E-state index in [1.165, 1.54) is 17.6 Å². The van der Waals surface area contributed by atoms with Gasteiger partial charge in [-0.25, -0.2) is 8.42 Å². The molecule has 0 aliphatic heterocycles. The normalized spacial score (nSPS) is 12.8. The molecule has 1 aromatic heterocycles. The highest BCUT2D eigenvalue weighted by Crippen LogP contribution is 2.24. The summed E-state index contributed by atoms with van der Waals surface area (Å²) in [4.78, 5) is 19.2. The van der Waals surface area contributed by atoms with E-state index >= 15 is 0 Å². The molecule has 1 heterocycles. The second kappa shape index (κ2) is 9.72. The predicted molar refractivity (Wildman–Crippen MR) is 129 cm³/mol. The van der Waals surface area contributed by atoms with Gasteiger partial charge in [-0.15, -0.1) is 11.8 Å². The van der Waals surface area contributed by atoms with Crippen LogP contribution in [0.5, 0.6) is 0 Å². The number of aromatic nitrogens is 1. The minimum atomic E-state index is -3.30. The van der Waals surface area contributed by atoms with Crippen LogP contribution in [0.2, 0.25) is 0 Å². The van der Waals surface area contributed by atoms with E-state index in [0.29, 0.717) is 22.2 Å². The number of rotatable bonds is 7. The van der Waals surface area contributed by atoms with Gasteiger partial charge in [-0.3, -0.25) is 4.79 Å². The number of benzene rings is 2. The first kappa shape index (κ1) is 23.1. The van der Waals surface area contributed by atoms with Gasteiger partial charge in [0, 0.05) is 34.3 Å². The molecular weight excluding hydrogens is 457 g/mol. The molecule has 3 aromatic rings. The number of hydrogen-bond donors (Lipinski definition) is 0. The standard InChI is InChI=1S/C21H24N2O3S4/c1-14(2)28-16-7-5-6-15(12-16)20(24)22-21-23(10-11-27-3)18-9-8-17(30(4,25)26)13-19(18)29-21/h5-9,12-14H,10-11H2,1-4H3.